The molecule has 0 spiro atoms. The van der Waals surface area contributed by atoms with Crippen LogP contribution in [0.25, 0.3) is 0 Å². The van der Waals surface area contributed by atoms with Gasteiger partial charge in [-0.05, 0) is 25.0 Å². The minimum Gasteiger partial charge on any atom is -0.370 e. The number of amides is 3. The highest BCUT2D eigenvalue weighted by molar-refractivity contribution is 6.04. The molecule has 0 unspecified atom stereocenters. The van der Waals surface area contributed by atoms with Crippen molar-refractivity contribution in [3.05, 3.63) is 29.8 Å². The molecule has 1 aromatic carbocycles. The molecule has 1 heterocycles. The first-order valence-electron chi connectivity index (χ1n) is 7.83. The van der Waals surface area contributed by atoms with E-state index >= 15 is 0 Å². The van der Waals surface area contributed by atoms with Gasteiger partial charge in [0.1, 0.15) is 6.10 Å². The Morgan fingerprint density at radius 1 is 1.20 bits per heavy atom. The predicted molar refractivity (Wildman–Crippen MR) is 95.4 cm³/mol. The summed E-state index contributed by atoms with van der Waals surface area (Å²) in [6, 6.07) is 6.63. The second-order valence-electron chi connectivity index (χ2n) is 5.57. The monoisotopic (exact) mass is 370 g/mol. The molecule has 0 aliphatic carbocycles. The Hall–Kier alpha value is -2.16. The number of carbonyl (C=O) groups is 3. The fourth-order valence-electron chi connectivity index (χ4n) is 2.47. The van der Waals surface area contributed by atoms with Crippen LogP contribution in [0.2, 0.25) is 0 Å². The van der Waals surface area contributed by atoms with Crippen molar-refractivity contribution in [2.45, 2.75) is 31.5 Å². The summed E-state index contributed by atoms with van der Waals surface area (Å²) in [4.78, 5) is 35.2. The van der Waals surface area contributed by atoms with E-state index in [0.29, 0.717) is 24.2 Å². The quantitative estimate of drug-likeness (QED) is 0.541. The van der Waals surface area contributed by atoms with Crippen LogP contribution in [0.1, 0.15) is 29.6 Å². The third-order valence-corrected chi connectivity index (χ3v) is 3.75. The normalized spacial score (nSPS) is 18.9. The van der Waals surface area contributed by atoms with Crippen molar-refractivity contribution in [2.75, 3.05) is 18.4 Å². The van der Waals surface area contributed by atoms with Crippen molar-refractivity contribution < 1.29 is 19.1 Å². The Morgan fingerprint density at radius 3 is 2.56 bits per heavy atom. The summed E-state index contributed by atoms with van der Waals surface area (Å²) in [6.07, 6.45) is 0.721. The molecular weight excluding hydrogens is 348 g/mol. The van der Waals surface area contributed by atoms with Gasteiger partial charge >= 0.3 is 0 Å². The number of hydrogen-bond donors (Lipinski definition) is 4. The van der Waals surface area contributed by atoms with Crippen molar-refractivity contribution >= 4 is 35.8 Å². The standard InChI is InChI=1S/C16H22N4O4.ClH/c17-9-10-5-6-13(24-10)16(23)20-12-4-2-1-3-11(12)15(22)19-8-7-14(18)21;/h1-4,10,13H,5-9,17H2,(H2,18,21)(H,19,22)(H,20,23);1H/t10-,13+;/m1./s1. The van der Waals surface area contributed by atoms with Crippen molar-refractivity contribution in [1.29, 1.82) is 0 Å². The largest absolute Gasteiger partial charge is 0.370 e. The Labute approximate surface area is 152 Å². The van der Waals surface area contributed by atoms with Gasteiger partial charge in [0.25, 0.3) is 11.8 Å². The first kappa shape index (κ1) is 20.9. The van der Waals surface area contributed by atoms with Gasteiger partial charge in [-0.25, -0.2) is 0 Å². The van der Waals surface area contributed by atoms with Gasteiger partial charge in [-0.1, -0.05) is 12.1 Å². The molecule has 2 rings (SSSR count). The molecule has 2 atom stereocenters. The van der Waals surface area contributed by atoms with E-state index in [2.05, 4.69) is 10.6 Å². The number of hydrogen-bond acceptors (Lipinski definition) is 5. The zero-order valence-corrected chi connectivity index (χ0v) is 14.5. The number of primary amides is 1. The summed E-state index contributed by atoms with van der Waals surface area (Å²) in [5, 5.41) is 5.31. The van der Waals surface area contributed by atoms with Gasteiger partial charge in [0, 0.05) is 19.5 Å². The van der Waals surface area contributed by atoms with E-state index in [1.807, 2.05) is 0 Å². The van der Waals surface area contributed by atoms with Gasteiger partial charge < -0.3 is 26.8 Å². The minimum atomic E-state index is -0.565. The van der Waals surface area contributed by atoms with Crippen LogP contribution in [0.4, 0.5) is 5.69 Å². The number of halogens is 1. The van der Waals surface area contributed by atoms with E-state index in [1.165, 1.54) is 0 Å². The van der Waals surface area contributed by atoms with Crippen LogP contribution in [0.15, 0.2) is 24.3 Å². The molecule has 25 heavy (non-hydrogen) atoms. The van der Waals surface area contributed by atoms with E-state index in [0.717, 1.165) is 6.42 Å². The van der Waals surface area contributed by atoms with Crippen LogP contribution in [-0.4, -0.2) is 43.0 Å². The molecule has 138 valence electrons. The van der Waals surface area contributed by atoms with Crippen LogP contribution < -0.4 is 22.1 Å². The zero-order chi connectivity index (χ0) is 17.5. The van der Waals surface area contributed by atoms with Gasteiger partial charge in [-0.15, -0.1) is 12.4 Å². The van der Waals surface area contributed by atoms with E-state index in [-0.39, 0.29) is 43.3 Å². The summed E-state index contributed by atoms with van der Waals surface area (Å²) < 4.78 is 5.55. The highest BCUT2D eigenvalue weighted by Gasteiger charge is 2.30. The minimum absolute atomic E-state index is 0. The molecule has 1 saturated heterocycles. The Balaban J connectivity index is 0.00000312. The van der Waals surface area contributed by atoms with Crippen LogP contribution >= 0.6 is 12.4 Å². The molecule has 3 amide bonds. The highest BCUT2D eigenvalue weighted by atomic mass is 35.5. The predicted octanol–water partition coefficient (Wildman–Crippen LogP) is 0.158. The van der Waals surface area contributed by atoms with Crippen LogP contribution in [0.5, 0.6) is 0 Å². The van der Waals surface area contributed by atoms with Crippen molar-refractivity contribution in [1.82, 2.24) is 5.32 Å². The summed E-state index contributed by atoms with van der Waals surface area (Å²) in [5.74, 6) is -1.19. The first-order valence-corrected chi connectivity index (χ1v) is 7.83. The maximum atomic E-state index is 12.3. The van der Waals surface area contributed by atoms with E-state index in [9.17, 15) is 14.4 Å². The third kappa shape index (κ3) is 6.00. The van der Waals surface area contributed by atoms with Crippen LogP contribution in [0, 0.1) is 0 Å². The van der Waals surface area contributed by atoms with Crippen molar-refractivity contribution in [3.8, 4) is 0 Å². The molecule has 1 aromatic rings. The van der Waals surface area contributed by atoms with Gasteiger partial charge in [0.15, 0.2) is 0 Å². The fraction of sp³-hybridized carbons (Fsp3) is 0.438. The zero-order valence-electron chi connectivity index (χ0n) is 13.7. The van der Waals surface area contributed by atoms with Gasteiger partial charge in [-0.2, -0.15) is 0 Å². The molecule has 1 aliphatic heterocycles. The second kappa shape index (κ2) is 9.97. The molecular formula is C16H23ClN4O4. The molecule has 8 nitrogen and oxygen atoms in total. The summed E-state index contributed by atoms with van der Waals surface area (Å²) in [7, 11) is 0. The number of nitrogens with two attached hydrogens (primary N) is 2. The maximum absolute atomic E-state index is 12.3. The van der Waals surface area contributed by atoms with Crippen molar-refractivity contribution in [2.24, 2.45) is 11.5 Å². The number of anilines is 1. The second-order valence-corrected chi connectivity index (χ2v) is 5.57. The smallest absolute Gasteiger partial charge is 0.253 e. The van der Waals surface area contributed by atoms with Gasteiger partial charge in [0.05, 0.1) is 17.4 Å². The molecule has 1 fully saturated rings. The van der Waals surface area contributed by atoms with Crippen LogP contribution in [-0.2, 0) is 14.3 Å². The average Bonchev–Trinajstić information content (AvgIpc) is 3.04. The lowest BCUT2D eigenvalue weighted by atomic mass is 10.1. The Kier molecular flexibility index (Phi) is 8.33. The Bertz CT molecular complexity index is 626. The summed E-state index contributed by atoms with van der Waals surface area (Å²) in [6.45, 7) is 0.517. The number of benzene rings is 1. The maximum Gasteiger partial charge on any atom is 0.253 e. The number of rotatable bonds is 7. The topological polar surface area (TPSA) is 137 Å². The molecule has 0 saturated carbocycles. The van der Waals surface area contributed by atoms with Crippen LogP contribution in [0.3, 0.4) is 0 Å². The van der Waals surface area contributed by atoms with E-state index in [1.54, 1.807) is 24.3 Å². The number of para-hydroxylation sites is 1. The Morgan fingerprint density at radius 2 is 1.92 bits per heavy atom. The number of carbonyl (C=O) groups excluding carboxylic acids is 3. The molecule has 0 radical (unpaired) electrons. The van der Waals surface area contributed by atoms with Crippen molar-refractivity contribution in [3.63, 3.8) is 0 Å². The third-order valence-electron chi connectivity index (χ3n) is 3.75. The fourth-order valence-corrected chi connectivity index (χ4v) is 2.47. The first-order chi connectivity index (χ1) is 11.5. The molecule has 1 aliphatic rings. The SMILES string of the molecule is Cl.NC[C@H]1CC[C@@H](C(=O)Nc2ccccc2C(=O)NCCC(N)=O)O1. The number of ether oxygens (including phenoxy) is 1. The molecule has 9 heteroatoms. The summed E-state index contributed by atoms with van der Waals surface area (Å²) >= 11 is 0. The lowest BCUT2D eigenvalue weighted by molar-refractivity contribution is -0.126. The van der Waals surface area contributed by atoms with Gasteiger partial charge in [0.2, 0.25) is 5.91 Å². The van der Waals surface area contributed by atoms with Gasteiger partial charge in [-0.3, -0.25) is 14.4 Å². The average molecular weight is 371 g/mol. The number of nitrogens with one attached hydrogen (secondary N) is 2. The molecule has 0 aromatic heterocycles. The van der Waals surface area contributed by atoms with E-state index in [4.69, 9.17) is 16.2 Å². The van der Waals surface area contributed by atoms with E-state index < -0.39 is 12.0 Å². The summed E-state index contributed by atoms with van der Waals surface area (Å²) in [5.41, 5.74) is 11.3. The lowest BCUT2D eigenvalue weighted by Gasteiger charge is -2.15. The lowest BCUT2D eigenvalue weighted by Crippen LogP contribution is -2.32. The molecule has 6 N–H and O–H groups in total. The highest BCUT2D eigenvalue weighted by Crippen LogP contribution is 2.22. The molecule has 0 bridgehead atoms.